The van der Waals surface area contributed by atoms with Crippen LogP contribution in [0.3, 0.4) is 0 Å². The van der Waals surface area contributed by atoms with Crippen LogP contribution in [0, 0.1) is 5.92 Å². The molecule has 23 heavy (non-hydrogen) atoms. The summed E-state index contributed by atoms with van der Waals surface area (Å²) in [7, 11) is 1.65. The Hall–Kier alpha value is -0.980. The highest BCUT2D eigenvalue weighted by atomic mass is 16.5. The Morgan fingerprint density at radius 2 is 1.96 bits per heavy atom. The SMILES string of the molecule is COCC1C[C@@H](OC(C)C)CN1C(=O)CNCCC(=O)C(C)C. The molecule has 0 aromatic rings. The fourth-order valence-electron chi connectivity index (χ4n) is 2.81. The summed E-state index contributed by atoms with van der Waals surface area (Å²) >= 11 is 0. The minimum absolute atomic E-state index is 0.0407. The minimum atomic E-state index is 0.0407. The molecule has 6 nitrogen and oxygen atoms in total. The van der Waals surface area contributed by atoms with Crippen molar-refractivity contribution in [3.05, 3.63) is 0 Å². The standard InChI is InChI=1S/C17H32N2O4/c1-12(2)16(20)6-7-18-9-17(21)19-10-15(23-13(3)4)8-14(19)11-22-5/h12-15,18H,6-11H2,1-5H3/t14?,15-/m1/s1. The van der Waals surface area contributed by atoms with E-state index in [0.29, 0.717) is 26.1 Å². The van der Waals surface area contributed by atoms with E-state index in [0.717, 1.165) is 6.42 Å². The summed E-state index contributed by atoms with van der Waals surface area (Å²) in [6.07, 6.45) is 1.50. The summed E-state index contributed by atoms with van der Waals surface area (Å²) in [5.74, 6) is 0.304. The number of likely N-dealkylation sites (tertiary alicyclic amines) is 1. The topological polar surface area (TPSA) is 67.9 Å². The van der Waals surface area contributed by atoms with Crippen LogP contribution in [0.25, 0.3) is 0 Å². The van der Waals surface area contributed by atoms with Crippen LogP contribution in [0.15, 0.2) is 0 Å². The first-order valence-corrected chi connectivity index (χ1v) is 8.52. The molecule has 1 N–H and O–H groups in total. The van der Waals surface area contributed by atoms with Crippen molar-refractivity contribution in [2.75, 3.05) is 33.4 Å². The number of carbonyl (C=O) groups excluding carboxylic acids is 2. The van der Waals surface area contributed by atoms with E-state index in [9.17, 15) is 9.59 Å². The quantitative estimate of drug-likeness (QED) is 0.611. The number of nitrogens with one attached hydrogen (secondary N) is 1. The van der Waals surface area contributed by atoms with Gasteiger partial charge in [0.15, 0.2) is 0 Å². The van der Waals surface area contributed by atoms with Gasteiger partial charge in [-0.3, -0.25) is 9.59 Å². The number of methoxy groups -OCH3 is 1. The highest BCUT2D eigenvalue weighted by molar-refractivity contribution is 5.81. The van der Waals surface area contributed by atoms with Crippen LogP contribution in [0.5, 0.6) is 0 Å². The van der Waals surface area contributed by atoms with Gasteiger partial charge in [-0.15, -0.1) is 0 Å². The van der Waals surface area contributed by atoms with Crippen molar-refractivity contribution in [3.8, 4) is 0 Å². The van der Waals surface area contributed by atoms with Crippen LogP contribution >= 0.6 is 0 Å². The maximum absolute atomic E-state index is 12.4. The lowest BCUT2D eigenvalue weighted by atomic mass is 10.1. The molecule has 1 amide bonds. The van der Waals surface area contributed by atoms with Crippen LogP contribution in [0.4, 0.5) is 0 Å². The highest BCUT2D eigenvalue weighted by Gasteiger charge is 2.35. The molecule has 0 aromatic carbocycles. The molecule has 0 bridgehead atoms. The summed E-state index contributed by atoms with van der Waals surface area (Å²) in [5, 5.41) is 3.07. The Bertz CT molecular complexity index is 385. The predicted molar refractivity (Wildman–Crippen MR) is 89.3 cm³/mol. The van der Waals surface area contributed by atoms with Gasteiger partial charge in [-0.25, -0.2) is 0 Å². The number of hydrogen-bond acceptors (Lipinski definition) is 5. The molecule has 134 valence electrons. The van der Waals surface area contributed by atoms with Crippen LogP contribution < -0.4 is 5.32 Å². The first-order valence-electron chi connectivity index (χ1n) is 8.52. The second-order valence-corrected chi connectivity index (χ2v) is 6.75. The van der Waals surface area contributed by atoms with E-state index in [4.69, 9.17) is 9.47 Å². The van der Waals surface area contributed by atoms with Gasteiger partial charge in [-0.05, 0) is 20.3 Å². The highest BCUT2D eigenvalue weighted by Crippen LogP contribution is 2.21. The molecule has 0 radical (unpaired) electrons. The molecule has 6 heteroatoms. The van der Waals surface area contributed by atoms with Crippen molar-refractivity contribution in [3.63, 3.8) is 0 Å². The van der Waals surface area contributed by atoms with Crippen LogP contribution in [0.2, 0.25) is 0 Å². The summed E-state index contributed by atoms with van der Waals surface area (Å²) in [4.78, 5) is 25.8. The molecule has 1 aliphatic heterocycles. The van der Waals surface area contributed by atoms with E-state index in [2.05, 4.69) is 5.32 Å². The molecule has 2 atom stereocenters. The zero-order valence-corrected chi connectivity index (χ0v) is 15.1. The maximum atomic E-state index is 12.4. The molecule has 1 aliphatic rings. The zero-order valence-electron chi connectivity index (χ0n) is 15.1. The number of nitrogens with zero attached hydrogens (tertiary/aromatic N) is 1. The second-order valence-electron chi connectivity index (χ2n) is 6.75. The number of Topliss-reactive ketones (excluding diaryl/α,β-unsaturated/α-hetero) is 1. The molecule has 1 unspecified atom stereocenters. The average molecular weight is 328 g/mol. The maximum Gasteiger partial charge on any atom is 0.236 e. The summed E-state index contributed by atoms with van der Waals surface area (Å²) in [5.41, 5.74) is 0. The number of hydrogen-bond donors (Lipinski definition) is 1. The largest absolute Gasteiger partial charge is 0.383 e. The van der Waals surface area contributed by atoms with Crippen LogP contribution in [-0.2, 0) is 19.1 Å². The fraction of sp³-hybridized carbons (Fsp3) is 0.882. The van der Waals surface area contributed by atoms with E-state index in [1.165, 1.54) is 0 Å². The van der Waals surface area contributed by atoms with Gasteiger partial charge in [-0.2, -0.15) is 0 Å². The normalized spacial score (nSPS) is 21.4. The number of amides is 1. The van der Waals surface area contributed by atoms with Gasteiger partial charge in [0, 0.05) is 32.5 Å². The summed E-state index contributed by atoms with van der Waals surface area (Å²) in [6.45, 7) is 9.71. The molecular formula is C17H32N2O4. The van der Waals surface area contributed by atoms with Crippen LogP contribution in [0.1, 0.15) is 40.5 Å². The summed E-state index contributed by atoms with van der Waals surface area (Å²) < 4.78 is 11.1. The Labute approximate surface area is 139 Å². The molecular weight excluding hydrogens is 296 g/mol. The van der Waals surface area contributed by atoms with E-state index >= 15 is 0 Å². The van der Waals surface area contributed by atoms with E-state index < -0.39 is 0 Å². The van der Waals surface area contributed by atoms with Gasteiger partial charge in [0.05, 0.1) is 31.4 Å². The Kier molecular flexibility index (Phi) is 8.73. The van der Waals surface area contributed by atoms with Gasteiger partial charge in [0.25, 0.3) is 0 Å². The van der Waals surface area contributed by atoms with E-state index in [-0.39, 0.29) is 42.4 Å². The third-order valence-electron chi connectivity index (χ3n) is 3.99. The number of carbonyl (C=O) groups is 2. The first kappa shape index (κ1) is 20.1. The number of ether oxygens (including phenoxy) is 2. The van der Waals surface area contributed by atoms with Gasteiger partial charge >= 0.3 is 0 Å². The molecule has 0 aliphatic carbocycles. The van der Waals surface area contributed by atoms with Crippen molar-refractivity contribution < 1.29 is 19.1 Å². The minimum Gasteiger partial charge on any atom is -0.383 e. The van der Waals surface area contributed by atoms with Crippen molar-refractivity contribution in [1.29, 1.82) is 0 Å². The molecule has 0 aromatic heterocycles. The first-order chi connectivity index (χ1) is 10.8. The third-order valence-corrected chi connectivity index (χ3v) is 3.99. The monoisotopic (exact) mass is 328 g/mol. The van der Waals surface area contributed by atoms with Crippen molar-refractivity contribution in [2.24, 2.45) is 5.92 Å². The third kappa shape index (κ3) is 6.97. The molecule has 1 fully saturated rings. The number of rotatable bonds is 10. The lowest BCUT2D eigenvalue weighted by molar-refractivity contribution is -0.132. The Morgan fingerprint density at radius 3 is 2.52 bits per heavy atom. The van der Waals surface area contributed by atoms with Crippen LogP contribution in [-0.4, -0.2) is 68.2 Å². The van der Waals surface area contributed by atoms with E-state index in [1.807, 2.05) is 32.6 Å². The number of ketones is 1. The Morgan fingerprint density at radius 1 is 1.26 bits per heavy atom. The predicted octanol–water partition coefficient (Wildman–Crippen LogP) is 1.23. The van der Waals surface area contributed by atoms with Gasteiger partial charge < -0.3 is 19.7 Å². The van der Waals surface area contributed by atoms with Crippen molar-refractivity contribution in [1.82, 2.24) is 10.2 Å². The fourth-order valence-corrected chi connectivity index (χ4v) is 2.81. The van der Waals surface area contributed by atoms with Crippen molar-refractivity contribution >= 4 is 11.7 Å². The lowest BCUT2D eigenvalue weighted by Crippen LogP contribution is -2.43. The van der Waals surface area contributed by atoms with Gasteiger partial charge in [0.1, 0.15) is 5.78 Å². The molecule has 0 saturated carbocycles. The zero-order chi connectivity index (χ0) is 17.4. The Balaban J connectivity index is 2.41. The van der Waals surface area contributed by atoms with Gasteiger partial charge in [0.2, 0.25) is 5.91 Å². The molecule has 1 saturated heterocycles. The average Bonchev–Trinajstić information content (AvgIpc) is 2.85. The molecule has 1 rings (SSSR count). The van der Waals surface area contributed by atoms with E-state index in [1.54, 1.807) is 7.11 Å². The summed E-state index contributed by atoms with van der Waals surface area (Å²) in [6, 6.07) is 0.0651. The second kappa shape index (κ2) is 10.0. The van der Waals surface area contributed by atoms with Crippen molar-refractivity contribution in [2.45, 2.75) is 58.8 Å². The smallest absolute Gasteiger partial charge is 0.236 e. The lowest BCUT2D eigenvalue weighted by Gasteiger charge is -2.24. The molecule has 0 spiro atoms. The van der Waals surface area contributed by atoms with Gasteiger partial charge in [-0.1, -0.05) is 13.8 Å². The molecule has 1 heterocycles.